The van der Waals surface area contributed by atoms with Crippen LogP contribution in [0.3, 0.4) is 0 Å². The highest BCUT2D eigenvalue weighted by atomic mass is 35.5. The lowest BCUT2D eigenvalue weighted by molar-refractivity contribution is -0.110. The number of hydrogen-bond donors (Lipinski definition) is 0. The highest BCUT2D eigenvalue weighted by molar-refractivity contribution is 6.30. The summed E-state index contributed by atoms with van der Waals surface area (Å²) in [4.78, 5) is 22.3. The van der Waals surface area contributed by atoms with E-state index in [9.17, 15) is 9.59 Å². The molecule has 0 heterocycles. The number of carbonyl (C=O) groups excluding carboxylic acids is 2. The van der Waals surface area contributed by atoms with Gasteiger partial charge in [0.25, 0.3) is 0 Å². The van der Waals surface area contributed by atoms with Gasteiger partial charge in [-0.1, -0.05) is 11.6 Å². The highest BCUT2D eigenvalue weighted by Gasteiger charge is 2.26. The van der Waals surface area contributed by atoms with Crippen LogP contribution in [0.5, 0.6) is 0 Å². The third-order valence-electron chi connectivity index (χ3n) is 2.56. The van der Waals surface area contributed by atoms with Crippen LogP contribution in [-0.2, 0) is 11.2 Å². The van der Waals surface area contributed by atoms with Crippen LogP contribution < -0.4 is 0 Å². The molecular weight excluding hydrogens is 200 g/mol. The number of fused-ring (bicyclic) bond motifs is 1. The average Bonchev–Trinajstić information content (AvgIpc) is 2.18. The zero-order chi connectivity index (χ0) is 10.1. The van der Waals surface area contributed by atoms with Gasteiger partial charge in [0, 0.05) is 10.6 Å². The Kier molecular flexibility index (Phi) is 2.38. The van der Waals surface area contributed by atoms with Gasteiger partial charge in [-0.05, 0) is 36.6 Å². The number of benzene rings is 1. The van der Waals surface area contributed by atoms with Crippen molar-refractivity contribution in [3.05, 3.63) is 34.3 Å². The molecule has 1 atom stereocenters. The van der Waals surface area contributed by atoms with E-state index in [1.54, 1.807) is 18.2 Å². The lowest BCUT2D eigenvalue weighted by atomic mass is 9.84. The molecule has 0 saturated heterocycles. The second-order valence-corrected chi connectivity index (χ2v) is 3.88. The maximum Gasteiger partial charge on any atom is 0.173 e. The average molecular weight is 209 g/mol. The van der Waals surface area contributed by atoms with E-state index in [0.717, 1.165) is 18.3 Å². The zero-order valence-corrected chi connectivity index (χ0v) is 8.25. The molecule has 0 aromatic heterocycles. The van der Waals surface area contributed by atoms with E-state index in [1.807, 2.05) is 0 Å². The van der Waals surface area contributed by atoms with Crippen LogP contribution in [0, 0.1) is 5.92 Å². The van der Waals surface area contributed by atoms with Gasteiger partial charge >= 0.3 is 0 Å². The first-order valence-electron chi connectivity index (χ1n) is 4.50. The number of halogens is 1. The summed E-state index contributed by atoms with van der Waals surface area (Å²) < 4.78 is 0. The second kappa shape index (κ2) is 3.54. The zero-order valence-electron chi connectivity index (χ0n) is 7.50. The molecule has 2 nitrogen and oxygen atoms in total. The van der Waals surface area contributed by atoms with Gasteiger partial charge in [-0.2, -0.15) is 0 Å². The number of rotatable bonds is 1. The Balaban J connectivity index is 2.46. The molecule has 1 aromatic rings. The monoisotopic (exact) mass is 208 g/mol. The Bertz CT molecular complexity index is 398. The van der Waals surface area contributed by atoms with Crippen LogP contribution in [0.15, 0.2) is 18.2 Å². The summed E-state index contributed by atoms with van der Waals surface area (Å²) in [6, 6.07) is 5.19. The molecule has 0 radical (unpaired) electrons. The number of aryl methyl sites for hydroxylation is 1. The van der Waals surface area contributed by atoms with Crippen LogP contribution in [0.2, 0.25) is 5.02 Å². The summed E-state index contributed by atoms with van der Waals surface area (Å²) in [5, 5.41) is 0.640. The summed E-state index contributed by atoms with van der Waals surface area (Å²) in [6.45, 7) is 0. The molecule has 1 aromatic carbocycles. The molecule has 1 aliphatic carbocycles. The lowest BCUT2D eigenvalue weighted by Crippen LogP contribution is -2.23. The highest BCUT2D eigenvalue weighted by Crippen LogP contribution is 2.26. The summed E-state index contributed by atoms with van der Waals surface area (Å²) in [7, 11) is 0. The predicted molar refractivity (Wildman–Crippen MR) is 53.7 cm³/mol. The van der Waals surface area contributed by atoms with Gasteiger partial charge in [-0.25, -0.2) is 0 Å². The maximum atomic E-state index is 11.7. The number of aldehydes is 1. The lowest BCUT2D eigenvalue weighted by Gasteiger charge is -2.19. The van der Waals surface area contributed by atoms with Gasteiger partial charge in [0.15, 0.2) is 5.78 Å². The molecule has 0 N–H and O–H groups in total. The predicted octanol–water partition coefficient (Wildman–Crippen LogP) is 2.28. The molecule has 0 aliphatic heterocycles. The van der Waals surface area contributed by atoms with Gasteiger partial charge in [-0.15, -0.1) is 0 Å². The topological polar surface area (TPSA) is 34.1 Å². The minimum atomic E-state index is -0.455. The molecule has 0 saturated carbocycles. The molecule has 2 rings (SSSR count). The molecule has 0 fully saturated rings. The Morgan fingerprint density at radius 1 is 1.43 bits per heavy atom. The van der Waals surface area contributed by atoms with E-state index >= 15 is 0 Å². The summed E-state index contributed by atoms with van der Waals surface area (Å²) in [5.74, 6) is -0.526. The first kappa shape index (κ1) is 9.41. The van der Waals surface area contributed by atoms with Crippen LogP contribution in [0.1, 0.15) is 22.3 Å². The first-order valence-corrected chi connectivity index (χ1v) is 4.88. The Morgan fingerprint density at radius 3 is 2.93 bits per heavy atom. The summed E-state index contributed by atoms with van der Waals surface area (Å²) in [5.41, 5.74) is 1.61. The van der Waals surface area contributed by atoms with Gasteiger partial charge in [-0.3, -0.25) is 4.79 Å². The van der Waals surface area contributed by atoms with E-state index in [2.05, 4.69) is 0 Å². The molecular formula is C11H9ClO2. The minimum absolute atomic E-state index is 0.0714. The molecule has 1 unspecified atom stereocenters. The second-order valence-electron chi connectivity index (χ2n) is 3.45. The van der Waals surface area contributed by atoms with Crippen LogP contribution in [0.4, 0.5) is 0 Å². The molecule has 0 spiro atoms. The Labute approximate surface area is 86.9 Å². The molecule has 0 amide bonds. The van der Waals surface area contributed by atoms with Crippen molar-refractivity contribution in [2.75, 3.05) is 0 Å². The van der Waals surface area contributed by atoms with Gasteiger partial charge in [0.1, 0.15) is 6.29 Å². The smallest absolute Gasteiger partial charge is 0.173 e. The fourth-order valence-corrected chi connectivity index (χ4v) is 1.98. The molecule has 72 valence electrons. The van der Waals surface area contributed by atoms with Crippen molar-refractivity contribution in [1.82, 2.24) is 0 Å². The first-order chi connectivity index (χ1) is 6.72. The van der Waals surface area contributed by atoms with Crippen molar-refractivity contribution in [1.29, 1.82) is 0 Å². The van der Waals surface area contributed by atoms with Crippen molar-refractivity contribution in [2.24, 2.45) is 5.92 Å². The van der Waals surface area contributed by atoms with Crippen molar-refractivity contribution in [3.63, 3.8) is 0 Å². The Hall–Kier alpha value is -1.15. The van der Waals surface area contributed by atoms with Gasteiger partial charge in [0.05, 0.1) is 5.92 Å². The SMILES string of the molecule is O=CC1CCc2cc(Cl)ccc2C1=O. The van der Waals surface area contributed by atoms with Crippen LogP contribution in [0.25, 0.3) is 0 Å². The number of Topliss-reactive ketones (excluding diaryl/α,β-unsaturated/α-hetero) is 1. The fourth-order valence-electron chi connectivity index (χ4n) is 1.78. The van der Waals surface area contributed by atoms with Crippen LogP contribution in [-0.4, -0.2) is 12.1 Å². The van der Waals surface area contributed by atoms with Crippen molar-refractivity contribution in [3.8, 4) is 0 Å². The van der Waals surface area contributed by atoms with Gasteiger partial charge < -0.3 is 4.79 Å². The molecule has 14 heavy (non-hydrogen) atoms. The van der Waals surface area contributed by atoms with Gasteiger partial charge in [0.2, 0.25) is 0 Å². The van der Waals surface area contributed by atoms with E-state index in [1.165, 1.54) is 0 Å². The number of carbonyl (C=O) groups is 2. The molecule has 1 aliphatic rings. The van der Waals surface area contributed by atoms with Crippen molar-refractivity contribution < 1.29 is 9.59 Å². The quantitative estimate of drug-likeness (QED) is 0.524. The van der Waals surface area contributed by atoms with E-state index in [-0.39, 0.29) is 5.78 Å². The largest absolute Gasteiger partial charge is 0.303 e. The van der Waals surface area contributed by atoms with E-state index in [4.69, 9.17) is 11.6 Å². The number of ketones is 1. The summed E-state index contributed by atoms with van der Waals surface area (Å²) >= 11 is 5.81. The summed E-state index contributed by atoms with van der Waals surface area (Å²) in [6.07, 6.45) is 2.10. The van der Waals surface area contributed by atoms with Crippen molar-refractivity contribution in [2.45, 2.75) is 12.8 Å². The van der Waals surface area contributed by atoms with Crippen LogP contribution >= 0.6 is 11.6 Å². The van der Waals surface area contributed by atoms with Crippen molar-refractivity contribution >= 4 is 23.7 Å². The molecule has 0 bridgehead atoms. The maximum absolute atomic E-state index is 11.7. The number of hydrogen-bond acceptors (Lipinski definition) is 2. The molecule has 3 heteroatoms. The minimum Gasteiger partial charge on any atom is -0.303 e. The normalized spacial score (nSPS) is 20.4. The van der Waals surface area contributed by atoms with E-state index < -0.39 is 5.92 Å². The fraction of sp³-hybridized carbons (Fsp3) is 0.273. The third-order valence-corrected chi connectivity index (χ3v) is 2.79. The Morgan fingerprint density at radius 2 is 2.21 bits per heavy atom. The van der Waals surface area contributed by atoms with E-state index in [0.29, 0.717) is 17.0 Å². The third kappa shape index (κ3) is 1.46. The standard InChI is InChI=1S/C11H9ClO2/c12-9-3-4-10-7(5-9)1-2-8(6-13)11(10)14/h3-6,8H,1-2H2.